The standard InChI is InChI=1S/C12H9IN4/c13-9-2-1-3-10(6-9)17-12-11(15)8(7-14)4-5-16-12/h1-6H,15H2,(H,16,17). The maximum Gasteiger partial charge on any atom is 0.154 e. The molecule has 1 heterocycles. The van der Waals surface area contributed by atoms with Gasteiger partial charge in [-0.25, -0.2) is 4.98 Å². The Hall–Kier alpha value is -1.81. The van der Waals surface area contributed by atoms with Crippen molar-refractivity contribution >= 4 is 39.8 Å². The highest BCUT2D eigenvalue weighted by Crippen LogP contribution is 2.23. The molecule has 0 amide bonds. The highest BCUT2D eigenvalue weighted by molar-refractivity contribution is 14.1. The molecule has 2 rings (SSSR count). The number of hydrogen-bond donors (Lipinski definition) is 2. The first kappa shape index (κ1) is 11.7. The van der Waals surface area contributed by atoms with E-state index in [0.717, 1.165) is 9.26 Å². The van der Waals surface area contributed by atoms with Crippen molar-refractivity contribution in [2.75, 3.05) is 11.1 Å². The summed E-state index contributed by atoms with van der Waals surface area (Å²) in [6.45, 7) is 0. The number of halogens is 1. The second-order valence-electron chi connectivity index (χ2n) is 3.37. The predicted octanol–water partition coefficient (Wildman–Crippen LogP) is 2.88. The van der Waals surface area contributed by atoms with Crippen LogP contribution in [0, 0.1) is 14.9 Å². The monoisotopic (exact) mass is 336 g/mol. The minimum absolute atomic E-state index is 0.369. The molecule has 0 bridgehead atoms. The lowest BCUT2D eigenvalue weighted by Gasteiger charge is -2.09. The normalized spacial score (nSPS) is 9.65. The first-order valence-corrected chi connectivity index (χ1v) is 5.96. The molecule has 0 saturated carbocycles. The van der Waals surface area contributed by atoms with Gasteiger partial charge in [0, 0.05) is 15.5 Å². The fourth-order valence-corrected chi connectivity index (χ4v) is 1.92. The van der Waals surface area contributed by atoms with Crippen LogP contribution in [0.25, 0.3) is 0 Å². The molecule has 0 aliphatic rings. The van der Waals surface area contributed by atoms with E-state index in [2.05, 4.69) is 32.9 Å². The van der Waals surface area contributed by atoms with Gasteiger partial charge < -0.3 is 11.1 Å². The summed E-state index contributed by atoms with van der Waals surface area (Å²) in [5.41, 5.74) is 7.52. The van der Waals surface area contributed by atoms with Crippen molar-refractivity contribution in [2.45, 2.75) is 0 Å². The van der Waals surface area contributed by atoms with Crippen LogP contribution in [-0.4, -0.2) is 4.98 Å². The number of nitriles is 1. The van der Waals surface area contributed by atoms with E-state index in [9.17, 15) is 0 Å². The smallest absolute Gasteiger partial charge is 0.154 e. The molecule has 5 heteroatoms. The Labute approximate surface area is 113 Å². The van der Waals surface area contributed by atoms with Crippen LogP contribution in [0.5, 0.6) is 0 Å². The van der Waals surface area contributed by atoms with Gasteiger partial charge in [0.05, 0.1) is 11.3 Å². The largest absolute Gasteiger partial charge is 0.395 e. The van der Waals surface area contributed by atoms with E-state index in [1.54, 1.807) is 12.3 Å². The number of rotatable bonds is 2. The Morgan fingerprint density at radius 2 is 2.18 bits per heavy atom. The number of benzene rings is 1. The third-order valence-electron chi connectivity index (χ3n) is 2.20. The minimum Gasteiger partial charge on any atom is -0.395 e. The summed E-state index contributed by atoms with van der Waals surface area (Å²) in [5, 5.41) is 12.0. The van der Waals surface area contributed by atoms with Crippen LogP contribution in [0.3, 0.4) is 0 Å². The zero-order chi connectivity index (χ0) is 12.3. The molecule has 2 aromatic rings. The summed E-state index contributed by atoms with van der Waals surface area (Å²) in [4.78, 5) is 4.12. The van der Waals surface area contributed by atoms with Gasteiger partial charge in [0.25, 0.3) is 0 Å². The molecule has 0 atom stereocenters. The van der Waals surface area contributed by atoms with Gasteiger partial charge >= 0.3 is 0 Å². The summed E-state index contributed by atoms with van der Waals surface area (Å²) in [7, 11) is 0. The molecular formula is C12H9IN4. The summed E-state index contributed by atoms with van der Waals surface area (Å²) >= 11 is 2.23. The first-order valence-electron chi connectivity index (χ1n) is 4.88. The van der Waals surface area contributed by atoms with E-state index < -0.39 is 0 Å². The fourth-order valence-electron chi connectivity index (χ4n) is 1.37. The SMILES string of the molecule is N#Cc1ccnc(Nc2cccc(I)c2)c1N. The van der Waals surface area contributed by atoms with Crippen LogP contribution < -0.4 is 11.1 Å². The number of pyridine rings is 1. The first-order chi connectivity index (χ1) is 8.20. The third kappa shape index (κ3) is 2.65. The predicted molar refractivity (Wildman–Crippen MR) is 75.8 cm³/mol. The molecule has 4 nitrogen and oxygen atoms in total. The number of nitrogens with one attached hydrogen (secondary N) is 1. The molecule has 0 unspecified atom stereocenters. The molecule has 0 aliphatic carbocycles. The van der Waals surface area contributed by atoms with Crippen LogP contribution in [-0.2, 0) is 0 Å². The molecule has 3 N–H and O–H groups in total. The average Bonchev–Trinajstić information content (AvgIpc) is 2.32. The van der Waals surface area contributed by atoms with E-state index in [4.69, 9.17) is 11.0 Å². The molecule has 0 radical (unpaired) electrons. The van der Waals surface area contributed by atoms with Gasteiger partial charge in [0.1, 0.15) is 6.07 Å². The lowest BCUT2D eigenvalue weighted by molar-refractivity contribution is 1.30. The van der Waals surface area contributed by atoms with Gasteiger partial charge in [-0.2, -0.15) is 5.26 Å². The number of nitrogens with two attached hydrogens (primary N) is 1. The molecule has 1 aromatic heterocycles. The number of anilines is 3. The quantitative estimate of drug-likeness (QED) is 0.827. The maximum absolute atomic E-state index is 8.87. The summed E-state index contributed by atoms with van der Waals surface area (Å²) in [5.74, 6) is 0.506. The van der Waals surface area contributed by atoms with E-state index in [0.29, 0.717) is 17.1 Å². The van der Waals surface area contributed by atoms with Crippen molar-refractivity contribution in [2.24, 2.45) is 0 Å². The van der Waals surface area contributed by atoms with E-state index in [1.165, 1.54) is 0 Å². The molecule has 0 fully saturated rings. The molecule has 0 aliphatic heterocycles. The van der Waals surface area contributed by atoms with Gasteiger partial charge in [-0.1, -0.05) is 6.07 Å². The molecular weight excluding hydrogens is 327 g/mol. The van der Waals surface area contributed by atoms with Crippen molar-refractivity contribution in [3.05, 3.63) is 45.7 Å². The number of nitrogen functional groups attached to an aromatic ring is 1. The molecule has 84 valence electrons. The fraction of sp³-hybridized carbons (Fsp3) is 0. The van der Waals surface area contributed by atoms with Crippen molar-refractivity contribution in [1.29, 1.82) is 5.26 Å². The van der Waals surface area contributed by atoms with Crippen molar-refractivity contribution in [3.63, 3.8) is 0 Å². The highest BCUT2D eigenvalue weighted by atomic mass is 127. The average molecular weight is 336 g/mol. The van der Waals surface area contributed by atoms with Gasteiger partial charge in [0.15, 0.2) is 5.82 Å². The lowest BCUT2D eigenvalue weighted by atomic mass is 10.2. The molecule has 17 heavy (non-hydrogen) atoms. The van der Waals surface area contributed by atoms with Crippen molar-refractivity contribution in [3.8, 4) is 6.07 Å². The summed E-state index contributed by atoms with van der Waals surface area (Å²) in [6, 6.07) is 11.4. The number of hydrogen-bond acceptors (Lipinski definition) is 4. The van der Waals surface area contributed by atoms with E-state index in [1.807, 2.05) is 30.3 Å². The Morgan fingerprint density at radius 3 is 2.88 bits per heavy atom. The van der Waals surface area contributed by atoms with Gasteiger partial charge in [0.2, 0.25) is 0 Å². The van der Waals surface area contributed by atoms with Crippen LogP contribution in [0.1, 0.15) is 5.56 Å². The second-order valence-corrected chi connectivity index (χ2v) is 4.61. The van der Waals surface area contributed by atoms with Crippen molar-refractivity contribution < 1.29 is 0 Å². The Bertz CT molecular complexity index is 589. The second kappa shape index (κ2) is 5.01. The van der Waals surface area contributed by atoms with Gasteiger partial charge in [-0.15, -0.1) is 0 Å². The van der Waals surface area contributed by atoms with Crippen LogP contribution in [0.2, 0.25) is 0 Å². The Kier molecular flexibility index (Phi) is 3.44. The Balaban J connectivity index is 2.34. The number of aromatic nitrogens is 1. The topological polar surface area (TPSA) is 74.7 Å². The van der Waals surface area contributed by atoms with E-state index >= 15 is 0 Å². The van der Waals surface area contributed by atoms with Crippen molar-refractivity contribution in [1.82, 2.24) is 4.98 Å². The molecule has 0 spiro atoms. The van der Waals surface area contributed by atoms with E-state index in [-0.39, 0.29) is 0 Å². The number of nitrogens with zero attached hydrogens (tertiary/aromatic N) is 2. The highest BCUT2D eigenvalue weighted by Gasteiger charge is 2.05. The van der Waals surface area contributed by atoms with Crippen LogP contribution in [0.4, 0.5) is 17.2 Å². The van der Waals surface area contributed by atoms with Gasteiger partial charge in [-0.05, 0) is 46.9 Å². The summed E-state index contributed by atoms with van der Waals surface area (Å²) < 4.78 is 1.11. The summed E-state index contributed by atoms with van der Waals surface area (Å²) in [6.07, 6.45) is 1.56. The van der Waals surface area contributed by atoms with Crippen LogP contribution in [0.15, 0.2) is 36.5 Å². The Morgan fingerprint density at radius 1 is 1.35 bits per heavy atom. The zero-order valence-corrected chi connectivity index (χ0v) is 11.0. The minimum atomic E-state index is 0.369. The zero-order valence-electron chi connectivity index (χ0n) is 8.81. The molecule has 1 aromatic carbocycles. The third-order valence-corrected chi connectivity index (χ3v) is 2.87. The van der Waals surface area contributed by atoms with Crippen LogP contribution >= 0.6 is 22.6 Å². The lowest BCUT2D eigenvalue weighted by Crippen LogP contribution is -2.01. The molecule has 0 saturated heterocycles. The maximum atomic E-state index is 8.87. The van der Waals surface area contributed by atoms with Gasteiger partial charge in [-0.3, -0.25) is 0 Å².